The number of hydrogen-bond donors (Lipinski definition) is 0. The number of rotatable bonds is 13. The van der Waals surface area contributed by atoms with E-state index in [1.165, 1.54) is 11.4 Å². The number of benzene rings is 3. The summed E-state index contributed by atoms with van der Waals surface area (Å²) >= 11 is 0. The van der Waals surface area contributed by atoms with Crippen LogP contribution in [-0.2, 0) is 4.79 Å². The summed E-state index contributed by atoms with van der Waals surface area (Å²) in [7, 11) is 0. The van der Waals surface area contributed by atoms with Crippen molar-refractivity contribution in [2.45, 2.75) is 52.5 Å². The van der Waals surface area contributed by atoms with Crippen LogP contribution >= 0.6 is 0 Å². The highest BCUT2D eigenvalue weighted by Gasteiger charge is 2.41. The van der Waals surface area contributed by atoms with Crippen molar-refractivity contribution in [2.75, 3.05) is 36.0 Å². The number of carbonyl (C=O) groups is 1. The molecule has 0 saturated heterocycles. The third kappa shape index (κ3) is 6.99. The van der Waals surface area contributed by atoms with Crippen molar-refractivity contribution in [1.29, 1.82) is 0 Å². The topological polar surface area (TPSA) is 66.7 Å². The zero-order valence-corrected chi connectivity index (χ0v) is 25.3. The highest BCUT2D eigenvalue weighted by molar-refractivity contribution is 5.81. The average Bonchev–Trinajstić information content (AvgIpc) is 3.03. The van der Waals surface area contributed by atoms with Crippen molar-refractivity contribution in [3.8, 4) is 0 Å². The molecule has 0 radical (unpaired) electrons. The Morgan fingerprint density at radius 1 is 0.810 bits per heavy atom. The van der Waals surface area contributed by atoms with Gasteiger partial charge in [-0.1, -0.05) is 66.7 Å². The molecule has 0 spiro atoms. The third-order valence-electron chi connectivity index (χ3n) is 8.56. The van der Waals surface area contributed by atoms with Crippen LogP contribution in [0.2, 0.25) is 0 Å². The lowest BCUT2D eigenvalue weighted by Crippen LogP contribution is -2.35. The fourth-order valence-corrected chi connectivity index (χ4v) is 6.29. The minimum Gasteiger partial charge on any atom is -0.372 e. The lowest BCUT2D eigenvalue weighted by molar-refractivity contribution is -0.528. The van der Waals surface area contributed by atoms with Gasteiger partial charge in [0.25, 0.3) is 0 Å². The van der Waals surface area contributed by atoms with Gasteiger partial charge in [0.15, 0.2) is 0 Å². The second-order valence-corrected chi connectivity index (χ2v) is 10.8. The van der Waals surface area contributed by atoms with Crippen LogP contribution in [0.3, 0.4) is 0 Å². The van der Waals surface area contributed by atoms with Gasteiger partial charge in [0.2, 0.25) is 6.04 Å². The first-order chi connectivity index (χ1) is 20.4. The van der Waals surface area contributed by atoms with Gasteiger partial charge < -0.3 is 9.80 Å². The number of carbonyl (C=O) groups excluding carboxylic acids is 1. The van der Waals surface area contributed by atoms with E-state index in [9.17, 15) is 14.9 Å². The Bertz CT molecular complexity index is 1320. The molecule has 0 aliphatic heterocycles. The first kappa shape index (κ1) is 30.8. The van der Waals surface area contributed by atoms with Crippen molar-refractivity contribution in [3.63, 3.8) is 0 Å². The summed E-state index contributed by atoms with van der Waals surface area (Å²) < 4.78 is 0. The molecule has 0 aromatic heterocycles. The maximum Gasteiger partial charge on any atom is 0.224 e. The summed E-state index contributed by atoms with van der Waals surface area (Å²) in [6.45, 7) is 12.4. The second kappa shape index (κ2) is 14.6. The Labute approximate surface area is 250 Å². The van der Waals surface area contributed by atoms with Crippen LogP contribution in [-0.4, -0.2) is 43.4 Å². The van der Waals surface area contributed by atoms with E-state index in [0.29, 0.717) is 12.0 Å². The Kier molecular flexibility index (Phi) is 10.7. The standard InChI is InChI=1S/C36H43N3O3/c1-5-37(6-2)32-19-14-28(15-20-32)34(29-16-21-33(22-17-29)38(7-3)8-4)23-18-31-24-27(26-40)25-35(39(41)42)36(31)30-12-10-9-11-13-30/h9-17,19-24,26,31,35-36H,5-8,18,25H2,1-4H3/t31-,35-,36+/m0/s1. The Balaban J connectivity index is 1.78. The summed E-state index contributed by atoms with van der Waals surface area (Å²) in [5, 5.41) is 12.2. The molecule has 1 aliphatic rings. The van der Waals surface area contributed by atoms with Crippen LogP contribution in [0.4, 0.5) is 11.4 Å². The van der Waals surface area contributed by atoms with Crippen molar-refractivity contribution in [3.05, 3.63) is 123 Å². The maximum atomic E-state index is 12.2. The zero-order valence-electron chi connectivity index (χ0n) is 25.3. The van der Waals surface area contributed by atoms with E-state index in [1.54, 1.807) is 0 Å². The van der Waals surface area contributed by atoms with Crippen LogP contribution in [0.5, 0.6) is 0 Å². The first-order valence-corrected chi connectivity index (χ1v) is 15.2. The van der Waals surface area contributed by atoms with E-state index in [2.05, 4.69) is 92.1 Å². The fourth-order valence-electron chi connectivity index (χ4n) is 6.29. The first-order valence-electron chi connectivity index (χ1n) is 15.2. The molecule has 0 bridgehead atoms. The molecular formula is C36H43N3O3. The monoisotopic (exact) mass is 565 g/mol. The molecule has 1 aliphatic carbocycles. The van der Waals surface area contributed by atoms with Gasteiger partial charge >= 0.3 is 0 Å². The molecule has 3 aromatic carbocycles. The van der Waals surface area contributed by atoms with Crippen molar-refractivity contribution in [2.24, 2.45) is 5.92 Å². The minimum absolute atomic E-state index is 0.156. The van der Waals surface area contributed by atoms with Crippen molar-refractivity contribution in [1.82, 2.24) is 0 Å². The molecule has 0 fully saturated rings. The van der Waals surface area contributed by atoms with Gasteiger partial charge in [-0.25, -0.2) is 0 Å². The predicted molar refractivity (Wildman–Crippen MR) is 174 cm³/mol. The number of nitro groups is 1. The molecule has 6 heteroatoms. The quantitative estimate of drug-likeness (QED) is 0.120. The van der Waals surface area contributed by atoms with Gasteiger partial charge in [0, 0.05) is 48.9 Å². The zero-order chi connectivity index (χ0) is 30.1. The number of aldehydes is 1. The average molecular weight is 566 g/mol. The van der Waals surface area contributed by atoms with E-state index < -0.39 is 6.04 Å². The van der Waals surface area contributed by atoms with E-state index in [4.69, 9.17) is 0 Å². The van der Waals surface area contributed by atoms with E-state index in [1.807, 2.05) is 36.4 Å². The SMILES string of the molecule is CCN(CC)c1ccc(C(=CC[C@H]2C=C(C=O)C[C@H]([N+](=O)[O-])[C@@H]2c2ccccc2)c2ccc(N(CC)CC)cc2)cc1. The molecule has 0 heterocycles. The minimum atomic E-state index is -0.846. The van der Waals surface area contributed by atoms with E-state index in [0.717, 1.165) is 54.7 Å². The second-order valence-electron chi connectivity index (χ2n) is 10.8. The van der Waals surface area contributed by atoms with Gasteiger partial charge in [-0.3, -0.25) is 14.9 Å². The third-order valence-corrected chi connectivity index (χ3v) is 8.56. The number of hydrogen-bond acceptors (Lipinski definition) is 5. The van der Waals surface area contributed by atoms with Crippen LogP contribution in [0.25, 0.3) is 5.57 Å². The molecule has 0 N–H and O–H groups in total. The summed E-state index contributed by atoms with van der Waals surface area (Å²) in [6, 6.07) is 26.2. The molecule has 42 heavy (non-hydrogen) atoms. The Hall–Kier alpha value is -4.19. The molecule has 0 unspecified atom stereocenters. The molecule has 3 aromatic rings. The van der Waals surface area contributed by atoms with Gasteiger partial charge in [-0.15, -0.1) is 0 Å². The highest BCUT2D eigenvalue weighted by atomic mass is 16.6. The molecule has 220 valence electrons. The summed E-state index contributed by atoms with van der Waals surface area (Å²) in [6.07, 6.45) is 5.69. The van der Waals surface area contributed by atoms with Crippen LogP contribution in [0, 0.1) is 16.0 Å². The van der Waals surface area contributed by atoms with Gasteiger partial charge in [0.1, 0.15) is 6.29 Å². The molecule has 0 saturated carbocycles. The Morgan fingerprint density at radius 2 is 1.31 bits per heavy atom. The summed E-state index contributed by atoms with van der Waals surface area (Å²) in [5.41, 5.74) is 7.09. The molecule has 6 nitrogen and oxygen atoms in total. The lowest BCUT2D eigenvalue weighted by atomic mass is 9.72. The van der Waals surface area contributed by atoms with E-state index in [-0.39, 0.29) is 23.2 Å². The number of anilines is 2. The maximum absolute atomic E-state index is 12.2. The van der Waals surface area contributed by atoms with Crippen LogP contribution in [0.15, 0.2) is 96.6 Å². The predicted octanol–water partition coefficient (Wildman–Crippen LogP) is 7.78. The molecule has 0 amide bonds. The normalized spacial score (nSPS) is 18.1. The van der Waals surface area contributed by atoms with Crippen LogP contribution < -0.4 is 9.80 Å². The summed E-state index contributed by atoms with van der Waals surface area (Å²) in [5.74, 6) is -0.505. The molecule has 4 rings (SSSR count). The van der Waals surface area contributed by atoms with Gasteiger partial charge in [-0.05, 0) is 92.1 Å². The number of nitrogens with zero attached hydrogens (tertiary/aromatic N) is 3. The van der Waals surface area contributed by atoms with Crippen molar-refractivity contribution >= 4 is 23.2 Å². The smallest absolute Gasteiger partial charge is 0.224 e. The van der Waals surface area contributed by atoms with Crippen LogP contribution in [0.1, 0.15) is 63.1 Å². The molecular weight excluding hydrogens is 522 g/mol. The lowest BCUT2D eigenvalue weighted by Gasteiger charge is -2.31. The van der Waals surface area contributed by atoms with Gasteiger partial charge in [0.05, 0.1) is 5.92 Å². The fraction of sp³-hybridized carbons (Fsp3) is 0.361. The summed E-state index contributed by atoms with van der Waals surface area (Å²) in [4.78, 5) is 28.5. The van der Waals surface area contributed by atoms with E-state index >= 15 is 0 Å². The largest absolute Gasteiger partial charge is 0.372 e. The van der Waals surface area contributed by atoms with Crippen molar-refractivity contribution < 1.29 is 9.72 Å². The highest BCUT2D eigenvalue weighted by Crippen LogP contribution is 2.41. The van der Waals surface area contributed by atoms with Gasteiger partial charge in [-0.2, -0.15) is 0 Å². The Morgan fingerprint density at radius 3 is 1.74 bits per heavy atom. The number of allylic oxidation sites excluding steroid dienone is 2. The molecule has 3 atom stereocenters.